The smallest absolute Gasteiger partial charge is 0.338 e. The number of nitrogens with zero attached hydrogens (tertiary/aromatic N) is 2. The van der Waals surface area contributed by atoms with Crippen LogP contribution >= 0.6 is 0 Å². The second-order valence-corrected chi connectivity index (χ2v) is 5.72. The number of carbonyl (C=O) groups excluding carboxylic acids is 4. The van der Waals surface area contributed by atoms with Crippen LogP contribution in [0.3, 0.4) is 0 Å². The topological polar surface area (TPSA) is 117 Å². The van der Waals surface area contributed by atoms with Crippen LogP contribution in [0.15, 0.2) is 22.5 Å². The van der Waals surface area contributed by atoms with Crippen LogP contribution in [0.4, 0.5) is 0 Å². The fourth-order valence-corrected chi connectivity index (χ4v) is 2.57. The maximum absolute atomic E-state index is 12.2. The lowest BCUT2D eigenvalue weighted by Crippen LogP contribution is -2.39. The van der Waals surface area contributed by atoms with Gasteiger partial charge < -0.3 is 19.3 Å². The van der Waals surface area contributed by atoms with Crippen LogP contribution < -0.4 is 10.9 Å². The van der Waals surface area contributed by atoms with E-state index in [9.17, 15) is 19.2 Å². The van der Waals surface area contributed by atoms with Gasteiger partial charge in [-0.3, -0.25) is 20.4 Å². The molecule has 0 atom stereocenters. The molecule has 2 aliphatic heterocycles. The summed E-state index contributed by atoms with van der Waals surface area (Å²) in [5, 5.41) is 0. The van der Waals surface area contributed by atoms with E-state index in [1.165, 1.54) is 23.9 Å². The number of rotatable bonds is 7. The lowest BCUT2D eigenvalue weighted by Gasteiger charge is -2.13. The van der Waals surface area contributed by atoms with Gasteiger partial charge in [-0.05, 0) is 13.8 Å². The van der Waals surface area contributed by atoms with E-state index in [1.54, 1.807) is 13.8 Å². The Balaban J connectivity index is 2.25. The third-order valence-electron chi connectivity index (χ3n) is 3.87. The van der Waals surface area contributed by atoms with Gasteiger partial charge in [0.05, 0.1) is 37.4 Å². The summed E-state index contributed by atoms with van der Waals surface area (Å²) in [6, 6.07) is 0. The summed E-state index contributed by atoms with van der Waals surface area (Å²) in [6.07, 6.45) is 0. The average Bonchev–Trinajstić information content (AvgIpc) is 3.04. The first-order chi connectivity index (χ1) is 12.3. The van der Waals surface area contributed by atoms with Crippen LogP contribution in [-0.2, 0) is 28.7 Å². The third-order valence-corrected chi connectivity index (χ3v) is 3.87. The molecular weight excluding hydrogens is 344 g/mol. The van der Waals surface area contributed by atoms with Gasteiger partial charge in [-0.2, -0.15) is 0 Å². The van der Waals surface area contributed by atoms with E-state index in [-0.39, 0.29) is 48.8 Å². The van der Waals surface area contributed by atoms with Crippen LogP contribution in [0, 0.1) is 0 Å². The maximum Gasteiger partial charge on any atom is 0.338 e. The van der Waals surface area contributed by atoms with Crippen molar-refractivity contribution in [2.24, 2.45) is 0 Å². The number of hydrazine groups is 1. The lowest BCUT2D eigenvalue weighted by atomic mass is 10.2. The van der Waals surface area contributed by atoms with Crippen molar-refractivity contribution in [3.05, 3.63) is 22.5 Å². The number of esters is 2. The molecule has 0 bridgehead atoms. The van der Waals surface area contributed by atoms with Crippen molar-refractivity contribution in [1.29, 1.82) is 0 Å². The molecule has 2 N–H and O–H groups in total. The molecule has 26 heavy (non-hydrogen) atoms. The van der Waals surface area contributed by atoms with E-state index in [2.05, 4.69) is 10.9 Å². The van der Waals surface area contributed by atoms with Crippen molar-refractivity contribution in [2.75, 3.05) is 40.4 Å². The van der Waals surface area contributed by atoms with Gasteiger partial charge in [0.25, 0.3) is 11.8 Å². The molecule has 10 heteroatoms. The van der Waals surface area contributed by atoms with Gasteiger partial charge in [0.2, 0.25) is 0 Å². The third kappa shape index (κ3) is 3.63. The fraction of sp³-hybridized carbons (Fsp3) is 0.500. The molecule has 0 radical (unpaired) electrons. The number of likely N-dealkylation sites (N-methyl/N-ethyl adjacent to an activating group) is 2. The molecule has 0 aromatic rings. The minimum Gasteiger partial charge on any atom is -0.463 e. The van der Waals surface area contributed by atoms with Crippen molar-refractivity contribution in [3.63, 3.8) is 0 Å². The van der Waals surface area contributed by atoms with E-state index < -0.39 is 23.8 Å². The van der Waals surface area contributed by atoms with E-state index in [4.69, 9.17) is 9.47 Å². The van der Waals surface area contributed by atoms with Crippen LogP contribution in [0.5, 0.6) is 0 Å². The Kier molecular flexibility index (Phi) is 5.86. The summed E-state index contributed by atoms with van der Waals surface area (Å²) in [5.41, 5.74) is 5.43. The minimum absolute atomic E-state index is 0.0241. The number of hydrogen-bond acceptors (Lipinski definition) is 8. The van der Waals surface area contributed by atoms with Crippen LogP contribution in [0.2, 0.25) is 0 Å². The maximum atomic E-state index is 12.2. The van der Waals surface area contributed by atoms with Crippen molar-refractivity contribution in [2.45, 2.75) is 13.8 Å². The van der Waals surface area contributed by atoms with Crippen molar-refractivity contribution in [1.82, 2.24) is 20.7 Å². The van der Waals surface area contributed by atoms with E-state index >= 15 is 0 Å². The number of amides is 2. The first-order valence-corrected chi connectivity index (χ1v) is 8.15. The van der Waals surface area contributed by atoms with Gasteiger partial charge in [-0.25, -0.2) is 9.59 Å². The Labute approximate surface area is 150 Å². The van der Waals surface area contributed by atoms with Gasteiger partial charge in [0.1, 0.15) is 11.4 Å². The Bertz CT molecular complexity index is 652. The molecule has 142 valence electrons. The van der Waals surface area contributed by atoms with E-state index in [0.717, 1.165) is 0 Å². The van der Waals surface area contributed by atoms with Crippen LogP contribution in [-0.4, -0.2) is 74.0 Å². The largest absolute Gasteiger partial charge is 0.463 e. The fourth-order valence-electron chi connectivity index (χ4n) is 2.57. The summed E-state index contributed by atoms with van der Waals surface area (Å²) in [4.78, 5) is 51.2. The van der Waals surface area contributed by atoms with Gasteiger partial charge in [0.15, 0.2) is 0 Å². The molecule has 0 saturated carbocycles. The highest BCUT2D eigenvalue weighted by Gasteiger charge is 2.36. The van der Waals surface area contributed by atoms with Crippen molar-refractivity contribution >= 4 is 23.8 Å². The van der Waals surface area contributed by atoms with Crippen LogP contribution in [0.25, 0.3) is 0 Å². The second kappa shape index (κ2) is 7.89. The minimum atomic E-state index is -0.621. The zero-order valence-electron chi connectivity index (χ0n) is 15.2. The number of carbonyl (C=O) groups is 4. The number of nitrogens with one attached hydrogen (secondary N) is 2. The molecule has 2 amide bonds. The lowest BCUT2D eigenvalue weighted by molar-refractivity contribution is -0.139. The van der Waals surface area contributed by atoms with Gasteiger partial charge in [0, 0.05) is 14.1 Å². The molecule has 2 aliphatic rings. The average molecular weight is 366 g/mol. The molecule has 10 nitrogen and oxygen atoms in total. The molecule has 0 fully saturated rings. The van der Waals surface area contributed by atoms with E-state index in [1.807, 2.05) is 0 Å². The Morgan fingerprint density at radius 3 is 1.50 bits per heavy atom. The zero-order valence-corrected chi connectivity index (χ0v) is 15.2. The monoisotopic (exact) mass is 366 g/mol. The van der Waals surface area contributed by atoms with Crippen molar-refractivity contribution < 1.29 is 28.7 Å². The quantitative estimate of drug-likeness (QED) is 0.420. The van der Waals surface area contributed by atoms with Gasteiger partial charge in [-0.15, -0.1) is 0 Å². The molecule has 2 rings (SSSR count). The summed E-state index contributed by atoms with van der Waals surface area (Å²) >= 11 is 0. The summed E-state index contributed by atoms with van der Waals surface area (Å²) in [7, 11) is 3.07. The SMILES string of the molecule is CCOC(=O)C1=C(NNC2=C(C(=O)OCC)CN(C)C2=O)C(=O)N(C)C1. The first-order valence-electron chi connectivity index (χ1n) is 8.15. The predicted octanol–water partition coefficient (Wildman–Crippen LogP) is -1.34. The summed E-state index contributed by atoms with van der Waals surface area (Å²) in [6.45, 7) is 3.82. The molecule has 0 aliphatic carbocycles. The zero-order chi connectivity index (χ0) is 19.4. The highest BCUT2D eigenvalue weighted by molar-refractivity contribution is 6.07. The van der Waals surface area contributed by atoms with Gasteiger partial charge in [-0.1, -0.05) is 0 Å². The molecule has 0 spiro atoms. The molecule has 0 saturated heterocycles. The summed E-state index contributed by atoms with van der Waals surface area (Å²) in [5.74, 6) is -2.11. The Morgan fingerprint density at radius 1 is 0.846 bits per heavy atom. The molecular formula is C16H22N4O6. The number of hydrogen-bond donors (Lipinski definition) is 2. The van der Waals surface area contributed by atoms with E-state index in [0.29, 0.717) is 0 Å². The predicted molar refractivity (Wildman–Crippen MR) is 88.9 cm³/mol. The standard InChI is InChI=1S/C16H22N4O6/c1-5-25-15(23)9-7-19(3)13(21)11(9)17-18-12-10(16(24)26-6-2)8-20(4)14(12)22/h17-18H,5-8H2,1-4H3. The highest BCUT2D eigenvalue weighted by Crippen LogP contribution is 2.19. The van der Waals surface area contributed by atoms with Gasteiger partial charge >= 0.3 is 11.9 Å². The molecule has 0 aromatic carbocycles. The normalized spacial score (nSPS) is 17.2. The highest BCUT2D eigenvalue weighted by atomic mass is 16.5. The first kappa shape index (κ1) is 19.3. The second-order valence-electron chi connectivity index (χ2n) is 5.72. The molecule has 2 heterocycles. The summed E-state index contributed by atoms with van der Waals surface area (Å²) < 4.78 is 9.90. The molecule has 0 unspecified atom stereocenters. The Morgan fingerprint density at radius 2 is 1.19 bits per heavy atom. The van der Waals surface area contributed by atoms with Crippen LogP contribution in [0.1, 0.15) is 13.8 Å². The van der Waals surface area contributed by atoms with Crippen molar-refractivity contribution in [3.8, 4) is 0 Å². The Hall–Kier alpha value is -3.04. The number of ether oxygens (including phenoxy) is 2. The molecule has 0 aromatic heterocycles.